The minimum absolute atomic E-state index is 0.139. The number of hydrogen-bond donors (Lipinski definition) is 2. The van der Waals surface area contributed by atoms with Gasteiger partial charge in [-0.2, -0.15) is 0 Å². The smallest absolute Gasteiger partial charge is 0.323 e. The fraction of sp³-hybridized carbons (Fsp3) is 0.263. The number of rotatable bonds is 6. The summed E-state index contributed by atoms with van der Waals surface area (Å²) in [5, 5.41) is 8.24. The van der Waals surface area contributed by atoms with E-state index in [0.29, 0.717) is 23.9 Å². The van der Waals surface area contributed by atoms with Crippen LogP contribution in [0.5, 0.6) is 0 Å². The van der Waals surface area contributed by atoms with Crippen LogP contribution in [-0.4, -0.2) is 39.6 Å². The van der Waals surface area contributed by atoms with E-state index in [0.717, 1.165) is 11.4 Å². The number of urea groups is 1. The van der Waals surface area contributed by atoms with Gasteiger partial charge in [0.1, 0.15) is 11.9 Å². The molecular weight excluding hydrogens is 376 g/mol. The molecule has 28 heavy (non-hydrogen) atoms. The number of thiazole rings is 1. The summed E-state index contributed by atoms with van der Waals surface area (Å²) in [4.78, 5) is 34.9. The maximum atomic E-state index is 12.7. The van der Waals surface area contributed by atoms with Gasteiger partial charge in [-0.15, -0.1) is 11.3 Å². The van der Waals surface area contributed by atoms with E-state index < -0.39 is 0 Å². The zero-order chi connectivity index (χ0) is 19.5. The summed E-state index contributed by atoms with van der Waals surface area (Å²) in [6.45, 7) is 1.20. The molecule has 1 aliphatic rings. The fourth-order valence-corrected chi connectivity index (χ4v) is 3.98. The Labute approximate surface area is 166 Å². The maximum Gasteiger partial charge on any atom is 0.323 e. The van der Waals surface area contributed by atoms with Crippen LogP contribution in [-0.2, 0) is 18.3 Å². The lowest BCUT2D eigenvalue weighted by Gasteiger charge is -2.19. The van der Waals surface area contributed by atoms with Crippen molar-refractivity contribution >= 4 is 28.4 Å². The van der Waals surface area contributed by atoms with Gasteiger partial charge in [0, 0.05) is 37.9 Å². The first-order valence-electron chi connectivity index (χ1n) is 8.93. The summed E-state index contributed by atoms with van der Waals surface area (Å²) >= 11 is 1.37. The summed E-state index contributed by atoms with van der Waals surface area (Å²) < 4.78 is 1.89. The zero-order valence-corrected chi connectivity index (χ0v) is 16.1. The van der Waals surface area contributed by atoms with Gasteiger partial charge in [-0.05, 0) is 5.56 Å². The van der Waals surface area contributed by atoms with Crippen LogP contribution in [0.1, 0.15) is 23.1 Å². The standard InChI is InChI=1S/C19H20N6O2S/c1-24-9-7-20-17(24)16(13-5-3-2-4-6-13)23-15(26)11-14-12-28-19(22-14)25-10-8-21-18(25)27/h2-7,9,12,16H,8,10-11H2,1H3,(H,21,27)(H,23,26). The molecule has 0 aliphatic carbocycles. The lowest BCUT2D eigenvalue weighted by atomic mass is 10.1. The van der Waals surface area contributed by atoms with Crippen LogP contribution in [0, 0.1) is 0 Å². The number of hydrogen-bond acceptors (Lipinski definition) is 5. The summed E-state index contributed by atoms with van der Waals surface area (Å²) in [5.74, 6) is 0.604. The highest BCUT2D eigenvalue weighted by molar-refractivity contribution is 7.14. The van der Waals surface area contributed by atoms with Crippen LogP contribution in [0.25, 0.3) is 0 Å². The number of benzene rings is 1. The van der Waals surface area contributed by atoms with Gasteiger partial charge in [0.2, 0.25) is 5.91 Å². The predicted octanol–water partition coefficient (Wildman–Crippen LogP) is 1.85. The van der Waals surface area contributed by atoms with Gasteiger partial charge in [0.05, 0.1) is 12.1 Å². The van der Waals surface area contributed by atoms with E-state index in [1.165, 1.54) is 11.3 Å². The van der Waals surface area contributed by atoms with E-state index in [2.05, 4.69) is 20.6 Å². The molecule has 3 amide bonds. The van der Waals surface area contributed by atoms with E-state index in [9.17, 15) is 9.59 Å². The van der Waals surface area contributed by atoms with Gasteiger partial charge in [-0.3, -0.25) is 9.69 Å². The Balaban J connectivity index is 1.49. The molecule has 1 unspecified atom stereocenters. The van der Waals surface area contributed by atoms with E-state index in [1.54, 1.807) is 11.1 Å². The number of carbonyl (C=O) groups excluding carboxylic acids is 2. The van der Waals surface area contributed by atoms with Gasteiger partial charge >= 0.3 is 6.03 Å². The normalized spacial score (nSPS) is 14.8. The first-order chi connectivity index (χ1) is 13.6. The highest BCUT2D eigenvalue weighted by Gasteiger charge is 2.25. The molecule has 0 bridgehead atoms. The van der Waals surface area contributed by atoms with E-state index in [1.807, 2.05) is 53.5 Å². The Bertz CT molecular complexity index is 983. The van der Waals surface area contributed by atoms with Crippen molar-refractivity contribution in [1.82, 2.24) is 25.2 Å². The second-order valence-corrected chi connectivity index (χ2v) is 7.33. The van der Waals surface area contributed by atoms with Crippen molar-refractivity contribution in [2.75, 3.05) is 18.0 Å². The number of aryl methyl sites for hydroxylation is 1. The number of nitrogens with one attached hydrogen (secondary N) is 2. The molecule has 144 valence electrons. The molecule has 1 aromatic carbocycles. The molecule has 3 aromatic rings. The summed E-state index contributed by atoms with van der Waals surface area (Å²) in [6, 6.07) is 9.24. The van der Waals surface area contributed by atoms with E-state index >= 15 is 0 Å². The van der Waals surface area contributed by atoms with Gasteiger partial charge in [0.15, 0.2) is 5.13 Å². The molecule has 9 heteroatoms. The van der Waals surface area contributed by atoms with Crippen molar-refractivity contribution in [3.05, 3.63) is 65.2 Å². The molecule has 8 nitrogen and oxygen atoms in total. The van der Waals surface area contributed by atoms with Crippen LogP contribution in [0.3, 0.4) is 0 Å². The third-order valence-electron chi connectivity index (χ3n) is 4.52. The van der Waals surface area contributed by atoms with Gasteiger partial charge in [-0.25, -0.2) is 14.8 Å². The minimum atomic E-state index is -0.351. The lowest BCUT2D eigenvalue weighted by Crippen LogP contribution is -2.32. The summed E-state index contributed by atoms with van der Waals surface area (Å²) in [5.41, 5.74) is 1.60. The Kier molecular flexibility index (Phi) is 5.07. The molecule has 2 aromatic heterocycles. The van der Waals surface area contributed by atoms with Crippen molar-refractivity contribution in [3.63, 3.8) is 0 Å². The molecule has 2 N–H and O–H groups in total. The van der Waals surface area contributed by atoms with Crippen molar-refractivity contribution in [2.45, 2.75) is 12.5 Å². The number of imidazole rings is 1. The first kappa shape index (κ1) is 18.2. The Morgan fingerprint density at radius 1 is 1.36 bits per heavy atom. The molecule has 0 saturated carbocycles. The number of anilines is 1. The zero-order valence-electron chi connectivity index (χ0n) is 15.3. The van der Waals surface area contributed by atoms with Crippen molar-refractivity contribution < 1.29 is 9.59 Å². The van der Waals surface area contributed by atoms with Crippen molar-refractivity contribution in [2.24, 2.45) is 7.05 Å². The summed E-state index contributed by atoms with van der Waals surface area (Å²) in [6.07, 6.45) is 3.70. The monoisotopic (exact) mass is 396 g/mol. The Morgan fingerprint density at radius 2 is 2.18 bits per heavy atom. The third kappa shape index (κ3) is 3.74. The van der Waals surface area contributed by atoms with Crippen LogP contribution in [0.15, 0.2) is 48.1 Å². The highest BCUT2D eigenvalue weighted by atomic mass is 32.1. The van der Waals surface area contributed by atoms with Crippen LogP contribution >= 0.6 is 11.3 Å². The molecule has 4 rings (SSSR count). The number of aromatic nitrogens is 3. The van der Waals surface area contributed by atoms with Gasteiger partial charge < -0.3 is 15.2 Å². The maximum absolute atomic E-state index is 12.7. The average molecular weight is 396 g/mol. The topological polar surface area (TPSA) is 92.2 Å². The number of amides is 3. The molecule has 1 aliphatic heterocycles. The van der Waals surface area contributed by atoms with Crippen molar-refractivity contribution in [1.29, 1.82) is 0 Å². The highest BCUT2D eigenvalue weighted by Crippen LogP contribution is 2.23. The predicted molar refractivity (Wildman–Crippen MR) is 106 cm³/mol. The Morgan fingerprint density at radius 3 is 2.86 bits per heavy atom. The first-order valence-corrected chi connectivity index (χ1v) is 9.81. The van der Waals surface area contributed by atoms with Gasteiger partial charge in [-0.1, -0.05) is 30.3 Å². The molecule has 3 heterocycles. The quantitative estimate of drug-likeness (QED) is 0.665. The lowest BCUT2D eigenvalue weighted by molar-refractivity contribution is -0.121. The second kappa shape index (κ2) is 7.81. The SMILES string of the molecule is Cn1ccnc1C(NC(=O)Cc1csc(N2CCNC2=O)n1)c1ccccc1. The number of nitrogens with zero attached hydrogens (tertiary/aromatic N) is 4. The van der Waals surface area contributed by atoms with E-state index in [-0.39, 0.29) is 24.4 Å². The molecule has 0 spiro atoms. The Hall–Kier alpha value is -3.20. The van der Waals surface area contributed by atoms with Crippen LogP contribution in [0.2, 0.25) is 0 Å². The fourth-order valence-electron chi connectivity index (χ4n) is 3.13. The molecular formula is C19H20N6O2S. The third-order valence-corrected chi connectivity index (χ3v) is 5.44. The minimum Gasteiger partial charge on any atom is -0.342 e. The molecule has 1 atom stereocenters. The molecule has 0 radical (unpaired) electrons. The second-order valence-electron chi connectivity index (χ2n) is 6.49. The molecule has 1 fully saturated rings. The van der Waals surface area contributed by atoms with E-state index in [4.69, 9.17) is 0 Å². The van der Waals surface area contributed by atoms with Crippen LogP contribution in [0.4, 0.5) is 9.93 Å². The van der Waals surface area contributed by atoms with Crippen LogP contribution < -0.4 is 15.5 Å². The van der Waals surface area contributed by atoms with Crippen molar-refractivity contribution in [3.8, 4) is 0 Å². The number of carbonyl (C=O) groups is 2. The largest absolute Gasteiger partial charge is 0.342 e. The molecule has 1 saturated heterocycles. The average Bonchev–Trinajstić information content (AvgIpc) is 3.42. The summed E-state index contributed by atoms with van der Waals surface area (Å²) in [7, 11) is 1.90. The van der Waals surface area contributed by atoms with Gasteiger partial charge in [0.25, 0.3) is 0 Å².